The van der Waals surface area contributed by atoms with E-state index in [1.54, 1.807) is 23.1 Å². The SMILES string of the molecule is CC[C@H](C)NC(=O)[C@H](Cc1ccccc1)N(Cc1ccc(C)cc1)C(=O)Cc1ccccc1[N+](=O)[O-]. The molecule has 36 heavy (non-hydrogen) atoms. The molecule has 3 rings (SSSR count). The molecule has 2 atom stereocenters. The second kappa shape index (κ2) is 12.6. The number of hydrogen-bond donors (Lipinski definition) is 1. The molecule has 0 saturated heterocycles. The van der Waals surface area contributed by atoms with Gasteiger partial charge in [-0.25, -0.2) is 0 Å². The molecular formula is C29H33N3O4. The molecule has 0 radical (unpaired) electrons. The maximum absolute atomic E-state index is 13.8. The Kier molecular flexibility index (Phi) is 9.33. The van der Waals surface area contributed by atoms with Crippen LogP contribution in [0, 0.1) is 17.0 Å². The minimum Gasteiger partial charge on any atom is -0.352 e. The number of hydrogen-bond acceptors (Lipinski definition) is 4. The minimum absolute atomic E-state index is 0.0534. The lowest BCUT2D eigenvalue weighted by atomic mass is 10.0. The Hall–Kier alpha value is -4.00. The molecule has 7 nitrogen and oxygen atoms in total. The number of nitrogens with one attached hydrogen (secondary N) is 1. The van der Waals surface area contributed by atoms with Crippen molar-refractivity contribution in [3.63, 3.8) is 0 Å². The number of nitro benzene ring substituents is 1. The van der Waals surface area contributed by atoms with Crippen LogP contribution in [0.1, 0.15) is 42.5 Å². The zero-order chi connectivity index (χ0) is 26.1. The molecule has 0 aromatic heterocycles. The number of aryl methyl sites for hydroxylation is 1. The van der Waals surface area contributed by atoms with E-state index in [0.29, 0.717) is 12.0 Å². The van der Waals surface area contributed by atoms with Crippen LogP contribution in [0.15, 0.2) is 78.9 Å². The quantitative estimate of drug-likeness (QED) is 0.304. The minimum atomic E-state index is -0.780. The molecule has 0 bridgehead atoms. The lowest BCUT2D eigenvalue weighted by Crippen LogP contribution is -2.52. The molecule has 0 fully saturated rings. The summed E-state index contributed by atoms with van der Waals surface area (Å²) in [5.74, 6) is -0.582. The largest absolute Gasteiger partial charge is 0.352 e. The summed E-state index contributed by atoms with van der Waals surface area (Å²) in [6, 6.07) is 22.8. The summed E-state index contributed by atoms with van der Waals surface area (Å²) in [6.45, 7) is 6.11. The summed E-state index contributed by atoms with van der Waals surface area (Å²) >= 11 is 0. The monoisotopic (exact) mass is 487 g/mol. The molecule has 0 saturated carbocycles. The maximum atomic E-state index is 13.8. The molecule has 0 aliphatic carbocycles. The standard InChI is InChI=1S/C29H33N3O4/c1-4-22(3)30-29(34)27(18-23-10-6-5-7-11-23)31(20-24-16-14-21(2)15-17-24)28(33)19-25-12-8-9-13-26(25)32(35)36/h5-17,22,27H,4,18-20H2,1-3H3,(H,30,34)/t22-,27-/m0/s1. The first kappa shape index (κ1) is 26.6. The van der Waals surface area contributed by atoms with E-state index in [9.17, 15) is 19.7 Å². The first-order valence-electron chi connectivity index (χ1n) is 12.2. The van der Waals surface area contributed by atoms with E-state index in [1.165, 1.54) is 6.07 Å². The number of benzene rings is 3. The normalized spacial score (nSPS) is 12.4. The van der Waals surface area contributed by atoms with Gasteiger partial charge in [0.2, 0.25) is 11.8 Å². The summed E-state index contributed by atoms with van der Waals surface area (Å²) in [4.78, 5) is 39.9. The predicted octanol–water partition coefficient (Wildman–Crippen LogP) is 5.00. The van der Waals surface area contributed by atoms with Gasteiger partial charge < -0.3 is 10.2 Å². The van der Waals surface area contributed by atoms with E-state index in [1.807, 2.05) is 75.4 Å². The van der Waals surface area contributed by atoms with Crippen molar-refractivity contribution in [1.82, 2.24) is 10.2 Å². The Labute approximate surface area is 212 Å². The molecule has 3 aromatic carbocycles. The number of nitro groups is 1. The number of rotatable bonds is 11. The second-order valence-electron chi connectivity index (χ2n) is 9.09. The van der Waals surface area contributed by atoms with Gasteiger partial charge >= 0.3 is 0 Å². The van der Waals surface area contributed by atoms with Crippen molar-refractivity contribution in [2.24, 2.45) is 0 Å². The molecule has 2 amide bonds. The van der Waals surface area contributed by atoms with E-state index in [-0.39, 0.29) is 36.5 Å². The molecule has 0 unspecified atom stereocenters. The number of nitrogens with zero attached hydrogens (tertiary/aromatic N) is 2. The summed E-state index contributed by atoms with van der Waals surface area (Å²) in [6.07, 6.45) is 0.911. The van der Waals surface area contributed by atoms with Crippen LogP contribution in [0.3, 0.4) is 0 Å². The Balaban J connectivity index is 2.01. The van der Waals surface area contributed by atoms with Crippen LogP contribution in [-0.2, 0) is 29.0 Å². The highest BCUT2D eigenvalue weighted by molar-refractivity contribution is 5.89. The fraction of sp³-hybridized carbons (Fsp3) is 0.310. The topological polar surface area (TPSA) is 92.6 Å². The summed E-state index contributed by atoms with van der Waals surface area (Å²) < 4.78 is 0. The first-order chi connectivity index (χ1) is 17.3. The highest BCUT2D eigenvalue weighted by atomic mass is 16.6. The average molecular weight is 488 g/mol. The summed E-state index contributed by atoms with van der Waals surface area (Å²) in [5, 5.41) is 14.6. The van der Waals surface area contributed by atoms with Crippen LogP contribution in [-0.4, -0.2) is 33.7 Å². The lowest BCUT2D eigenvalue weighted by molar-refractivity contribution is -0.385. The fourth-order valence-electron chi connectivity index (χ4n) is 3.99. The van der Waals surface area contributed by atoms with Crippen molar-refractivity contribution < 1.29 is 14.5 Å². The number of carbonyl (C=O) groups is 2. The second-order valence-corrected chi connectivity index (χ2v) is 9.09. The van der Waals surface area contributed by atoms with Crippen molar-refractivity contribution >= 4 is 17.5 Å². The van der Waals surface area contributed by atoms with E-state index >= 15 is 0 Å². The molecule has 188 valence electrons. The zero-order valence-corrected chi connectivity index (χ0v) is 21.0. The van der Waals surface area contributed by atoms with Gasteiger partial charge in [-0.15, -0.1) is 0 Å². The molecule has 7 heteroatoms. The van der Waals surface area contributed by atoms with Gasteiger partial charge in [-0.1, -0.05) is 85.3 Å². The van der Waals surface area contributed by atoms with Gasteiger partial charge in [0.05, 0.1) is 11.3 Å². The van der Waals surface area contributed by atoms with E-state index in [4.69, 9.17) is 0 Å². The highest BCUT2D eigenvalue weighted by Gasteiger charge is 2.32. The number of para-hydroxylation sites is 1. The Bertz CT molecular complexity index is 1180. The average Bonchev–Trinajstić information content (AvgIpc) is 2.87. The van der Waals surface area contributed by atoms with Crippen LogP contribution in [0.2, 0.25) is 0 Å². The Morgan fingerprint density at radius 3 is 2.22 bits per heavy atom. The van der Waals surface area contributed by atoms with Crippen LogP contribution in [0.4, 0.5) is 5.69 Å². The Morgan fingerprint density at radius 1 is 0.944 bits per heavy atom. The Morgan fingerprint density at radius 2 is 1.58 bits per heavy atom. The first-order valence-corrected chi connectivity index (χ1v) is 12.2. The lowest BCUT2D eigenvalue weighted by Gasteiger charge is -2.32. The van der Waals surface area contributed by atoms with E-state index < -0.39 is 11.0 Å². The van der Waals surface area contributed by atoms with Crippen LogP contribution >= 0.6 is 0 Å². The molecule has 0 spiro atoms. The van der Waals surface area contributed by atoms with Gasteiger partial charge in [0.1, 0.15) is 6.04 Å². The van der Waals surface area contributed by atoms with Crippen LogP contribution in [0.5, 0.6) is 0 Å². The van der Waals surface area contributed by atoms with Crippen LogP contribution < -0.4 is 5.32 Å². The fourth-order valence-corrected chi connectivity index (χ4v) is 3.99. The maximum Gasteiger partial charge on any atom is 0.273 e. The molecular weight excluding hydrogens is 454 g/mol. The molecule has 0 heterocycles. The van der Waals surface area contributed by atoms with Crippen molar-refractivity contribution in [3.8, 4) is 0 Å². The molecule has 0 aliphatic heterocycles. The molecule has 1 N–H and O–H groups in total. The number of carbonyl (C=O) groups excluding carboxylic acids is 2. The molecule has 3 aromatic rings. The smallest absolute Gasteiger partial charge is 0.273 e. The third-order valence-corrected chi connectivity index (χ3v) is 6.28. The van der Waals surface area contributed by atoms with Crippen molar-refractivity contribution in [3.05, 3.63) is 111 Å². The van der Waals surface area contributed by atoms with Gasteiger partial charge in [0, 0.05) is 30.6 Å². The third kappa shape index (κ3) is 7.25. The zero-order valence-electron chi connectivity index (χ0n) is 21.0. The van der Waals surface area contributed by atoms with Gasteiger partial charge in [-0.2, -0.15) is 0 Å². The highest BCUT2D eigenvalue weighted by Crippen LogP contribution is 2.22. The van der Waals surface area contributed by atoms with E-state index in [0.717, 1.165) is 23.1 Å². The third-order valence-electron chi connectivity index (χ3n) is 6.28. The van der Waals surface area contributed by atoms with Crippen molar-refractivity contribution in [2.45, 2.75) is 58.7 Å². The predicted molar refractivity (Wildman–Crippen MR) is 140 cm³/mol. The number of amides is 2. The van der Waals surface area contributed by atoms with Gasteiger partial charge in [0.15, 0.2) is 0 Å². The van der Waals surface area contributed by atoms with Gasteiger partial charge in [0.25, 0.3) is 5.69 Å². The van der Waals surface area contributed by atoms with Crippen molar-refractivity contribution in [1.29, 1.82) is 0 Å². The van der Waals surface area contributed by atoms with Crippen molar-refractivity contribution in [2.75, 3.05) is 0 Å². The van der Waals surface area contributed by atoms with Gasteiger partial charge in [-0.05, 0) is 31.4 Å². The summed E-state index contributed by atoms with van der Waals surface area (Å²) in [5.41, 5.74) is 3.11. The van der Waals surface area contributed by atoms with E-state index in [2.05, 4.69) is 5.32 Å². The van der Waals surface area contributed by atoms with Gasteiger partial charge in [-0.3, -0.25) is 19.7 Å². The van der Waals surface area contributed by atoms with Crippen LogP contribution in [0.25, 0.3) is 0 Å². The summed E-state index contributed by atoms with van der Waals surface area (Å²) in [7, 11) is 0. The molecule has 0 aliphatic rings.